The molecule has 86 valence electrons. The van der Waals surface area contributed by atoms with Crippen LogP contribution in [0.2, 0.25) is 0 Å². The van der Waals surface area contributed by atoms with Crippen molar-refractivity contribution in [3.05, 3.63) is 0 Å². The van der Waals surface area contributed by atoms with E-state index in [4.69, 9.17) is 0 Å². The zero-order chi connectivity index (χ0) is 10.5. The van der Waals surface area contributed by atoms with Crippen molar-refractivity contribution in [1.82, 2.24) is 4.90 Å². The summed E-state index contributed by atoms with van der Waals surface area (Å²) in [7, 11) is 0. The molecule has 0 radical (unpaired) electrons. The molecule has 2 heteroatoms. The van der Waals surface area contributed by atoms with E-state index in [1.54, 1.807) is 0 Å². The van der Waals surface area contributed by atoms with Crippen LogP contribution in [-0.2, 0) is 0 Å². The van der Waals surface area contributed by atoms with E-state index in [-0.39, 0.29) is 6.10 Å². The van der Waals surface area contributed by atoms with Gasteiger partial charge in [0.05, 0.1) is 6.10 Å². The van der Waals surface area contributed by atoms with Crippen molar-refractivity contribution in [2.75, 3.05) is 6.54 Å². The smallest absolute Gasteiger partial charge is 0.0601 e. The number of aliphatic hydroxyl groups excluding tert-OH is 1. The number of rotatable bonds is 3. The SMILES string of the molecule is CCCC[C@@]12CC[C@H]3C[C@@H](O)[C@@H]1CCN32. The molecule has 4 bridgehead atoms. The summed E-state index contributed by atoms with van der Waals surface area (Å²) in [4.78, 5) is 2.76. The van der Waals surface area contributed by atoms with Crippen LogP contribution >= 0.6 is 0 Å². The van der Waals surface area contributed by atoms with Crippen LogP contribution in [0.5, 0.6) is 0 Å². The molecule has 3 heterocycles. The molecule has 0 spiro atoms. The highest BCUT2D eigenvalue weighted by Crippen LogP contribution is 2.55. The maximum absolute atomic E-state index is 10.2. The molecule has 0 aromatic carbocycles. The molecule has 3 fully saturated rings. The van der Waals surface area contributed by atoms with Crippen molar-refractivity contribution < 1.29 is 5.11 Å². The average Bonchev–Trinajstić information content (AvgIpc) is 2.64. The van der Waals surface area contributed by atoms with E-state index in [0.717, 1.165) is 12.5 Å². The monoisotopic (exact) mass is 209 g/mol. The second-order valence-electron chi connectivity index (χ2n) is 5.79. The number of nitrogens with zero attached hydrogens (tertiary/aromatic N) is 1. The van der Waals surface area contributed by atoms with Gasteiger partial charge in [-0.3, -0.25) is 4.90 Å². The lowest BCUT2D eigenvalue weighted by atomic mass is 9.75. The van der Waals surface area contributed by atoms with Crippen LogP contribution in [0.25, 0.3) is 0 Å². The average molecular weight is 209 g/mol. The van der Waals surface area contributed by atoms with E-state index in [1.165, 1.54) is 45.1 Å². The first-order valence-electron chi connectivity index (χ1n) is 6.73. The van der Waals surface area contributed by atoms with Crippen LogP contribution in [0.15, 0.2) is 0 Å². The summed E-state index contributed by atoms with van der Waals surface area (Å²) in [5, 5.41) is 10.2. The van der Waals surface area contributed by atoms with E-state index in [1.807, 2.05) is 0 Å². The Bertz CT molecular complexity index is 255. The molecule has 0 saturated carbocycles. The fourth-order valence-electron chi connectivity index (χ4n) is 4.61. The third-order valence-electron chi connectivity index (χ3n) is 5.24. The lowest BCUT2D eigenvalue weighted by molar-refractivity contribution is -0.0291. The van der Waals surface area contributed by atoms with Crippen LogP contribution in [0.3, 0.4) is 0 Å². The highest BCUT2D eigenvalue weighted by molar-refractivity contribution is 5.14. The highest BCUT2D eigenvalue weighted by Gasteiger charge is 2.59. The Morgan fingerprint density at radius 2 is 2.27 bits per heavy atom. The summed E-state index contributed by atoms with van der Waals surface area (Å²) in [5.41, 5.74) is 0.429. The molecule has 3 aliphatic heterocycles. The Morgan fingerprint density at radius 1 is 1.40 bits per heavy atom. The van der Waals surface area contributed by atoms with Crippen LogP contribution in [0.1, 0.15) is 51.9 Å². The third kappa shape index (κ3) is 1.24. The van der Waals surface area contributed by atoms with Gasteiger partial charge in [0.2, 0.25) is 0 Å². The summed E-state index contributed by atoms with van der Waals surface area (Å²) in [6.45, 7) is 3.54. The van der Waals surface area contributed by atoms with Gasteiger partial charge in [-0.15, -0.1) is 0 Å². The minimum absolute atomic E-state index is 0.00751. The largest absolute Gasteiger partial charge is 0.393 e. The number of unbranched alkanes of at least 4 members (excludes halogenated alkanes) is 1. The topological polar surface area (TPSA) is 23.5 Å². The Balaban J connectivity index is 1.87. The van der Waals surface area contributed by atoms with Gasteiger partial charge in [-0.05, 0) is 38.6 Å². The van der Waals surface area contributed by atoms with Crippen molar-refractivity contribution in [2.24, 2.45) is 5.92 Å². The van der Waals surface area contributed by atoms with Gasteiger partial charge in [0.25, 0.3) is 0 Å². The molecule has 15 heavy (non-hydrogen) atoms. The molecular formula is C13H23NO. The van der Waals surface area contributed by atoms with Gasteiger partial charge in [-0.2, -0.15) is 0 Å². The molecule has 0 aromatic rings. The quantitative estimate of drug-likeness (QED) is 0.770. The normalized spacial score (nSPS) is 52.4. The van der Waals surface area contributed by atoms with E-state index < -0.39 is 0 Å². The predicted octanol–water partition coefficient (Wildman–Crippen LogP) is 2.16. The molecule has 3 aliphatic rings. The lowest BCUT2D eigenvalue weighted by Crippen LogP contribution is -2.54. The maximum Gasteiger partial charge on any atom is 0.0601 e. The Hall–Kier alpha value is -0.0800. The zero-order valence-electron chi connectivity index (χ0n) is 9.78. The van der Waals surface area contributed by atoms with Crippen LogP contribution in [-0.4, -0.2) is 34.2 Å². The lowest BCUT2D eigenvalue weighted by Gasteiger charge is -2.45. The number of hydrogen-bond donors (Lipinski definition) is 1. The van der Waals surface area contributed by atoms with Crippen molar-refractivity contribution in [3.8, 4) is 0 Å². The summed E-state index contributed by atoms with van der Waals surface area (Å²) >= 11 is 0. The van der Waals surface area contributed by atoms with Gasteiger partial charge in [0.1, 0.15) is 0 Å². The molecule has 5 atom stereocenters. The minimum Gasteiger partial charge on any atom is -0.393 e. The van der Waals surface area contributed by atoms with Crippen LogP contribution in [0, 0.1) is 5.92 Å². The van der Waals surface area contributed by atoms with Gasteiger partial charge in [-0.1, -0.05) is 19.8 Å². The van der Waals surface area contributed by atoms with Gasteiger partial charge in [-0.25, -0.2) is 0 Å². The first-order chi connectivity index (χ1) is 7.28. The number of piperidine rings is 1. The molecule has 3 saturated heterocycles. The van der Waals surface area contributed by atoms with E-state index in [9.17, 15) is 5.11 Å². The molecule has 0 amide bonds. The molecule has 3 rings (SSSR count). The summed E-state index contributed by atoms with van der Waals surface area (Å²) in [6, 6.07) is 0.718. The van der Waals surface area contributed by atoms with Crippen molar-refractivity contribution in [2.45, 2.75) is 69.6 Å². The number of aliphatic hydroxyl groups is 1. The second-order valence-corrected chi connectivity index (χ2v) is 5.79. The predicted molar refractivity (Wildman–Crippen MR) is 60.7 cm³/mol. The first-order valence-corrected chi connectivity index (χ1v) is 6.73. The van der Waals surface area contributed by atoms with Crippen LogP contribution in [0.4, 0.5) is 0 Å². The second kappa shape index (κ2) is 3.46. The van der Waals surface area contributed by atoms with E-state index in [2.05, 4.69) is 11.8 Å². The van der Waals surface area contributed by atoms with E-state index >= 15 is 0 Å². The third-order valence-corrected chi connectivity index (χ3v) is 5.24. The molecule has 1 N–H and O–H groups in total. The van der Waals surface area contributed by atoms with Gasteiger partial charge < -0.3 is 5.11 Å². The molecular weight excluding hydrogens is 186 g/mol. The van der Waals surface area contributed by atoms with Gasteiger partial charge in [0.15, 0.2) is 0 Å². The Labute approximate surface area is 92.7 Å². The molecule has 0 aromatic heterocycles. The minimum atomic E-state index is 0.00751. The fraction of sp³-hybridized carbons (Fsp3) is 1.00. The Morgan fingerprint density at radius 3 is 3.07 bits per heavy atom. The molecule has 1 unspecified atom stereocenters. The standard InChI is InChI=1S/C13H23NO/c1-2-3-6-13-7-4-10-9-12(15)11(13)5-8-14(10)13/h10-12,15H,2-9H2,1H3/t10-,11-,12+,13+/m0/s1. The van der Waals surface area contributed by atoms with Crippen molar-refractivity contribution in [3.63, 3.8) is 0 Å². The van der Waals surface area contributed by atoms with Crippen molar-refractivity contribution in [1.29, 1.82) is 0 Å². The van der Waals surface area contributed by atoms with Gasteiger partial charge >= 0.3 is 0 Å². The summed E-state index contributed by atoms with van der Waals surface area (Å²) < 4.78 is 0. The van der Waals surface area contributed by atoms with Crippen LogP contribution < -0.4 is 0 Å². The fourth-order valence-corrected chi connectivity index (χ4v) is 4.61. The van der Waals surface area contributed by atoms with E-state index in [0.29, 0.717) is 11.5 Å². The molecule has 2 nitrogen and oxygen atoms in total. The summed E-state index contributed by atoms with van der Waals surface area (Å²) in [5.74, 6) is 0.600. The first kappa shape index (κ1) is 10.1. The Kier molecular flexibility index (Phi) is 2.33. The maximum atomic E-state index is 10.2. The summed E-state index contributed by atoms with van der Waals surface area (Å²) in [6.07, 6.45) is 8.99. The highest BCUT2D eigenvalue weighted by atomic mass is 16.3. The van der Waals surface area contributed by atoms with Gasteiger partial charge in [0, 0.05) is 17.5 Å². The molecule has 0 aliphatic carbocycles. The number of hydrogen-bond acceptors (Lipinski definition) is 2. The van der Waals surface area contributed by atoms with Crippen molar-refractivity contribution >= 4 is 0 Å². The zero-order valence-corrected chi connectivity index (χ0v) is 9.78.